The monoisotopic (exact) mass is 245 g/mol. The molecule has 98 valence electrons. The highest BCUT2D eigenvalue weighted by Gasteiger charge is 2.12. The van der Waals surface area contributed by atoms with E-state index in [-0.39, 0.29) is 0 Å². The van der Waals surface area contributed by atoms with Gasteiger partial charge in [-0.25, -0.2) is 0 Å². The molecule has 2 rings (SSSR count). The van der Waals surface area contributed by atoms with Crippen LogP contribution in [0, 0.1) is 0 Å². The highest BCUT2D eigenvalue weighted by molar-refractivity contribution is 5.63. The van der Waals surface area contributed by atoms with Gasteiger partial charge in [0, 0.05) is 6.54 Å². The van der Waals surface area contributed by atoms with E-state index < -0.39 is 0 Å². The first-order valence-electron chi connectivity index (χ1n) is 7.01. The lowest BCUT2D eigenvalue weighted by Crippen LogP contribution is -2.13. The van der Waals surface area contributed by atoms with Crippen molar-refractivity contribution in [3.63, 3.8) is 0 Å². The van der Waals surface area contributed by atoms with Crippen molar-refractivity contribution in [2.45, 2.75) is 38.5 Å². The molecule has 18 heavy (non-hydrogen) atoms. The number of ether oxygens (including phenoxy) is 1. The molecule has 0 unspecified atom stereocenters. The molecule has 0 amide bonds. The number of allylic oxidation sites excluding steroid dienone is 1. The molecular formula is C16H23NO. The van der Waals surface area contributed by atoms with E-state index in [2.05, 4.69) is 30.1 Å². The fourth-order valence-electron chi connectivity index (χ4n) is 2.35. The van der Waals surface area contributed by atoms with Gasteiger partial charge in [-0.3, -0.25) is 0 Å². The van der Waals surface area contributed by atoms with Crippen LogP contribution < -0.4 is 10.1 Å². The van der Waals surface area contributed by atoms with E-state index in [4.69, 9.17) is 4.74 Å². The smallest absolute Gasteiger partial charge is 0.142 e. The van der Waals surface area contributed by atoms with Crippen LogP contribution in [0.2, 0.25) is 0 Å². The quantitative estimate of drug-likeness (QED) is 0.575. The summed E-state index contributed by atoms with van der Waals surface area (Å²) in [5.41, 5.74) is 2.61. The first kappa shape index (κ1) is 13.0. The van der Waals surface area contributed by atoms with Crippen molar-refractivity contribution in [1.82, 2.24) is 0 Å². The normalized spacial score (nSPS) is 13.6. The van der Waals surface area contributed by atoms with E-state index in [0.29, 0.717) is 0 Å². The Balaban J connectivity index is 1.80. The zero-order chi connectivity index (χ0) is 12.6. The van der Waals surface area contributed by atoms with Gasteiger partial charge in [-0.2, -0.15) is 0 Å². The molecule has 0 aliphatic carbocycles. The van der Waals surface area contributed by atoms with Gasteiger partial charge in [-0.05, 0) is 50.2 Å². The van der Waals surface area contributed by atoms with Crippen LogP contribution >= 0.6 is 0 Å². The molecule has 0 fully saturated rings. The maximum absolute atomic E-state index is 5.90. The number of aryl methyl sites for hydroxylation is 1. The van der Waals surface area contributed by atoms with Gasteiger partial charge in [0.05, 0.1) is 12.3 Å². The van der Waals surface area contributed by atoms with Crippen molar-refractivity contribution in [3.8, 4) is 5.75 Å². The predicted octanol–water partition coefficient (Wildman–Crippen LogP) is 4.17. The van der Waals surface area contributed by atoms with Gasteiger partial charge in [-0.1, -0.05) is 18.2 Å². The molecule has 0 atom stereocenters. The lowest BCUT2D eigenvalue weighted by atomic mass is 10.0. The molecule has 0 radical (unpaired) electrons. The number of benzene rings is 1. The van der Waals surface area contributed by atoms with Crippen LogP contribution in [0.3, 0.4) is 0 Å². The van der Waals surface area contributed by atoms with Crippen LogP contribution in [0.4, 0.5) is 5.69 Å². The molecule has 0 bridgehead atoms. The Hall–Kier alpha value is -1.44. The second-order valence-electron chi connectivity index (χ2n) is 4.81. The molecule has 0 saturated carbocycles. The molecule has 1 aromatic rings. The zero-order valence-corrected chi connectivity index (χ0v) is 11.1. The van der Waals surface area contributed by atoms with E-state index in [1.165, 1.54) is 36.9 Å². The third-order valence-electron chi connectivity index (χ3n) is 3.35. The van der Waals surface area contributed by atoms with Crippen molar-refractivity contribution in [2.75, 3.05) is 18.5 Å². The molecule has 1 heterocycles. The highest BCUT2D eigenvalue weighted by Crippen LogP contribution is 2.32. The summed E-state index contributed by atoms with van der Waals surface area (Å²) in [6, 6.07) is 6.36. The van der Waals surface area contributed by atoms with Crippen molar-refractivity contribution in [3.05, 3.63) is 36.4 Å². The minimum atomic E-state index is 0.815. The Morgan fingerprint density at radius 2 is 2.22 bits per heavy atom. The Morgan fingerprint density at radius 1 is 1.28 bits per heavy atom. The first-order valence-corrected chi connectivity index (χ1v) is 7.01. The second-order valence-corrected chi connectivity index (χ2v) is 4.81. The number of hydrogen-bond acceptors (Lipinski definition) is 2. The van der Waals surface area contributed by atoms with E-state index in [1.807, 2.05) is 6.08 Å². The van der Waals surface area contributed by atoms with Crippen LogP contribution in [0.1, 0.15) is 37.7 Å². The number of nitrogens with one attached hydrogen (secondary N) is 1. The van der Waals surface area contributed by atoms with Crippen LogP contribution in [-0.2, 0) is 6.42 Å². The Bertz CT molecular complexity index is 387. The van der Waals surface area contributed by atoms with Crippen molar-refractivity contribution >= 4 is 5.69 Å². The number of unbranched alkanes of at least 4 members (excludes halogenated alkanes) is 3. The Kier molecular flexibility index (Phi) is 5.13. The summed E-state index contributed by atoms with van der Waals surface area (Å²) in [4.78, 5) is 0. The average molecular weight is 245 g/mol. The second kappa shape index (κ2) is 7.10. The van der Waals surface area contributed by atoms with Gasteiger partial charge in [0.15, 0.2) is 0 Å². The van der Waals surface area contributed by atoms with E-state index in [1.54, 1.807) is 0 Å². The average Bonchev–Trinajstić information content (AvgIpc) is 2.43. The van der Waals surface area contributed by atoms with E-state index in [9.17, 15) is 0 Å². The maximum atomic E-state index is 5.90. The van der Waals surface area contributed by atoms with Gasteiger partial charge in [0.2, 0.25) is 0 Å². The van der Waals surface area contributed by atoms with E-state index in [0.717, 1.165) is 31.7 Å². The molecule has 2 heteroatoms. The summed E-state index contributed by atoms with van der Waals surface area (Å²) < 4.78 is 5.90. The van der Waals surface area contributed by atoms with Crippen LogP contribution in [-0.4, -0.2) is 13.2 Å². The number of rotatable bonds is 7. The lowest BCUT2D eigenvalue weighted by molar-refractivity contribution is 0.306. The van der Waals surface area contributed by atoms with Gasteiger partial charge >= 0.3 is 0 Å². The van der Waals surface area contributed by atoms with Crippen molar-refractivity contribution < 1.29 is 4.74 Å². The number of para-hydroxylation sites is 1. The molecule has 0 aromatic heterocycles. The lowest BCUT2D eigenvalue weighted by Gasteiger charge is -2.21. The third-order valence-corrected chi connectivity index (χ3v) is 3.35. The largest absolute Gasteiger partial charge is 0.491 e. The Labute approximate surface area is 110 Å². The fourth-order valence-corrected chi connectivity index (χ4v) is 2.35. The minimum absolute atomic E-state index is 0.815. The van der Waals surface area contributed by atoms with Gasteiger partial charge in [0.25, 0.3) is 0 Å². The molecule has 1 aromatic carbocycles. The summed E-state index contributed by atoms with van der Waals surface area (Å²) in [7, 11) is 0. The van der Waals surface area contributed by atoms with Gasteiger partial charge in [0.1, 0.15) is 5.75 Å². The van der Waals surface area contributed by atoms with Crippen molar-refractivity contribution in [2.24, 2.45) is 0 Å². The van der Waals surface area contributed by atoms with Crippen LogP contribution in [0.15, 0.2) is 30.9 Å². The molecule has 0 saturated heterocycles. The van der Waals surface area contributed by atoms with Crippen LogP contribution in [0.5, 0.6) is 5.75 Å². The molecule has 2 nitrogen and oxygen atoms in total. The van der Waals surface area contributed by atoms with Crippen molar-refractivity contribution in [1.29, 1.82) is 0 Å². The molecule has 0 spiro atoms. The summed E-state index contributed by atoms with van der Waals surface area (Å²) in [5, 5.41) is 3.45. The number of hydrogen-bond donors (Lipinski definition) is 1. The van der Waals surface area contributed by atoms with Gasteiger partial charge in [-0.15, -0.1) is 6.58 Å². The zero-order valence-electron chi connectivity index (χ0n) is 11.1. The standard InChI is InChI=1S/C16H23NO/c1-2-3-4-5-6-13-18-15-11-7-9-14-10-8-12-17-16(14)15/h2,7,9,11,17H,1,3-6,8,10,12-13H2. The highest BCUT2D eigenvalue weighted by atomic mass is 16.5. The number of anilines is 1. The van der Waals surface area contributed by atoms with Crippen LogP contribution in [0.25, 0.3) is 0 Å². The van der Waals surface area contributed by atoms with Gasteiger partial charge < -0.3 is 10.1 Å². The predicted molar refractivity (Wildman–Crippen MR) is 77.4 cm³/mol. The molecule has 1 aliphatic heterocycles. The topological polar surface area (TPSA) is 21.3 Å². The minimum Gasteiger partial charge on any atom is -0.491 e. The SMILES string of the molecule is C=CCCCCCOc1cccc2c1NCCC2. The Morgan fingerprint density at radius 3 is 3.11 bits per heavy atom. The number of fused-ring (bicyclic) bond motifs is 1. The molecular weight excluding hydrogens is 222 g/mol. The third kappa shape index (κ3) is 3.52. The summed E-state index contributed by atoms with van der Waals surface area (Å²) in [6.45, 7) is 5.61. The molecule has 1 N–H and O–H groups in total. The molecule has 1 aliphatic rings. The summed E-state index contributed by atoms with van der Waals surface area (Å²) >= 11 is 0. The fraction of sp³-hybridized carbons (Fsp3) is 0.500. The van der Waals surface area contributed by atoms with E-state index >= 15 is 0 Å². The summed E-state index contributed by atoms with van der Waals surface area (Å²) in [6.07, 6.45) is 9.04. The maximum Gasteiger partial charge on any atom is 0.142 e. The first-order chi connectivity index (χ1) is 8.92. The summed E-state index contributed by atoms with van der Waals surface area (Å²) in [5.74, 6) is 1.02.